The van der Waals surface area contributed by atoms with Crippen LogP contribution in [0.2, 0.25) is 0 Å². The minimum atomic E-state index is 0.679. The van der Waals surface area contributed by atoms with Gasteiger partial charge < -0.3 is 4.90 Å². The minimum Gasteiger partial charge on any atom is -0.351 e. The van der Waals surface area contributed by atoms with Crippen LogP contribution in [0.4, 0.5) is 5.13 Å². The van der Waals surface area contributed by atoms with Crippen LogP contribution >= 0.6 is 11.3 Å². The molecule has 0 N–H and O–H groups in total. The van der Waals surface area contributed by atoms with Gasteiger partial charge in [-0.15, -0.1) is 0 Å². The molecule has 0 aliphatic rings. The van der Waals surface area contributed by atoms with E-state index < -0.39 is 0 Å². The van der Waals surface area contributed by atoms with Crippen molar-refractivity contribution in [3.05, 3.63) is 11.1 Å². The Bertz CT molecular complexity index is 300. The van der Waals surface area contributed by atoms with Gasteiger partial charge in [0.05, 0.1) is 6.20 Å². The molecule has 1 rings (SSSR count). The van der Waals surface area contributed by atoms with Crippen LogP contribution in [0.25, 0.3) is 0 Å². The fourth-order valence-electron chi connectivity index (χ4n) is 0.984. The standard InChI is InChI=1S/C9H13N3S/c1-3-4-5-12(2)9-11-7-8(6-10)13-9/h7H,3-5H2,1-2H3. The maximum absolute atomic E-state index is 8.61. The molecule has 1 aromatic heterocycles. The van der Waals surface area contributed by atoms with Gasteiger partial charge in [0, 0.05) is 13.6 Å². The van der Waals surface area contributed by atoms with Gasteiger partial charge >= 0.3 is 0 Å². The molecule has 0 bridgehead atoms. The molecule has 0 fully saturated rings. The summed E-state index contributed by atoms with van der Waals surface area (Å²) < 4.78 is 0. The zero-order chi connectivity index (χ0) is 9.68. The molecule has 0 aromatic carbocycles. The first-order chi connectivity index (χ1) is 6.27. The quantitative estimate of drug-likeness (QED) is 0.739. The Kier molecular flexibility index (Phi) is 3.71. The third-order valence-electron chi connectivity index (χ3n) is 1.78. The maximum atomic E-state index is 8.61. The second-order valence-electron chi connectivity index (χ2n) is 2.89. The number of nitrogens with zero attached hydrogens (tertiary/aromatic N) is 3. The zero-order valence-electron chi connectivity index (χ0n) is 7.95. The smallest absolute Gasteiger partial charge is 0.186 e. The highest BCUT2D eigenvalue weighted by Crippen LogP contribution is 2.20. The second-order valence-corrected chi connectivity index (χ2v) is 3.90. The van der Waals surface area contributed by atoms with E-state index in [4.69, 9.17) is 5.26 Å². The van der Waals surface area contributed by atoms with Crippen molar-refractivity contribution < 1.29 is 0 Å². The number of thiazole rings is 1. The van der Waals surface area contributed by atoms with Crippen LogP contribution < -0.4 is 4.90 Å². The summed E-state index contributed by atoms with van der Waals surface area (Å²) in [5, 5.41) is 9.55. The molecule has 0 amide bonds. The number of hydrogen-bond donors (Lipinski definition) is 0. The fraction of sp³-hybridized carbons (Fsp3) is 0.556. The summed E-state index contributed by atoms with van der Waals surface area (Å²) in [6.45, 7) is 3.17. The Morgan fingerprint density at radius 2 is 2.46 bits per heavy atom. The predicted molar refractivity (Wildman–Crippen MR) is 55.0 cm³/mol. The highest BCUT2D eigenvalue weighted by Gasteiger charge is 2.05. The van der Waals surface area contributed by atoms with Gasteiger partial charge in [0.1, 0.15) is 10.9 Å². The van der Waals surface area contributed by atoms with Gasteiger partial charge in [-0.2, -0.15) is 5.26 Å². The highest BCUT2D eigenvalue weighted by molar-refractivity contribution is 7.16. The fourth-order valence-corrected chi connectivity index (χ4v) is 1.68. The van der Waals surface area contributed by atoms with E-state index in [1.165, 1.54) is 17.8 Å². The van der Waals surface area contributed by atoms with Crippen LogP contribution in [0, 0.1) is 11.3 Å². The van der Waals surface area contributed by atoms with Crippen molar-refractivity contribution in [1.82, 2.24) is 4.98 Å². The van der Waals surface area contributed by atoms with Crippen LogP contribution in [0.15, 0.2) is 6.20 Å². The number of rotatable bonds is 4. The van der Waals surface area contributed by atoms with Crippen LogP contribution in [0.3, 0.4) is 0 Å². The normalized spacial score (nSPS) is 9.62. The summed E-state index contributed by atoms with van der Waals surface area (Å²) in [7, 11) is 2.01. The molecule has 13 heavy (non-hydrogen) atoms. The summed E-state index contributed by atoms with van der Waals surface area (Å²) in [4.78, 5) is 6.93. The van der Waals surface area contributed by atoms with Gasteiger partial charge in [0.15, 0.2) is 5.13 Å². The van der Waals surface area contributed by atoms with Gasteiger partial charge in [0.25, 0.3) is 0 Å². The van der Waals surface area contributed by atoms with Crippen LogP contribution in [-0.2, 0) is 0 Å². The SMILES string of the molecule is CCCCN(C)c1ncc(C#N)s1. The molecule has 0 radical (unpaired) electrons. The molecule has 0 spiro atoms. The molecule has 0 aliphatic heterocycles. The van der Waals surface area contributed by atoms with Crippen molar-refractivity contribution in [2.75, 3.05) is 18.5 Å². The third kappa shape index (κ3) is 2.71. The lowest BCUT2D eigenvalue weighted by Gasteiger charge is -2.14. The van der Waals surface area contributed by atoms with E-state index in [0.29, 0.717) is 4.88 Å². The molecule has 0 saturated heterocycles. The van der Waals surface area contributed by atoms with Gasteiger partial charge in [0.2, 0.25) is 0 Å². The van der Waals surface area contributed by atoms with Crippen molar-refractivity contribution in [2.45, 2.75) is 19.8 Å². The van der Waals surface area contributed by atoms with Crippen molar-refractivity contribution >= 4 is 16.5 Å². The van der Waals surface area contributed by atoms with E-state index in [2.05, 4.69) is 22.9 Å². The lowest BCUT2D eigenvalue weighted by atomic mass is 10.3. The molecular formula is C9H13N3S. The number of hydrogen-bond acceptors (Lipinski definition) is 4. The first kappa shape index (κ1) is 10.0. The van der Waals surface area contributed by atoms with E-state index in [-0.39, 0.29) is 0 Å². The summed E-state index contributed by atoms with van der Waals surface area (Å²) in [5.41, 5.74) is 0. The lowest BCUT2D eigenvalue weighted by Crippen LogP contribution is -2.17. The van der Waals surface area contributed by atoms with Gasteiger partial charge in [-0.3, -0.25) is 0 Å². The van der Waals surface area contributed by atoms with Crippen LogP contribution in [0.5, 0.6) is 0 Å². The summed E-state index contributed by atoms with van der Waals surface area (Å²) in [6, 6.07) is 2.09. The van der Waals surface area contributed by atoms with E-state index in [0.717, 1.165) is 18.1 Å². The Hall–Kier alpha value is -1.08. The largest absolute Gasteiger partial charge is 0.351 e. The van der Waals surface area contributed by atoms with Crippen molar-refractivity contribution in [1.29, 1.82) is 5.26 Å². The van der Waals surface area contributed by atoms with E-state index in [1.54, 1.807) is 6.20 Å². The number of unbranched alkanes of at least 4 members (excludes halogenated alkanes) is 1. The first-order valence-electron chi connectivity index (χ1n) is 4.35. The second kappa shape index (κ2) is 4.83. The molecule has 0 saturated carbocycles. The van der Waals surface area contributed by atoms with Gasteiger partial charge in [-0.05, 0) is 6.42 Å². The van der Waals surface area contributed by atoms with Gasteiger partial charge in [-0.25, -0.2) is 4.98 Å². The number of anilines is 1. The topological polar surface area (TPSA) is 39.9 Å². The highest BCUT2D eigenvalue weighted by atomic mass is 32.1. The first-order valence-corrected chi connectivity index (χ1v) is 5.16. The molecule has 70 valence electrons. The third-order valence-corrected chi connectivity index (χ3v) is 2.79. The van der Waals surface area contributed by atoms with E-state index in [9.17, 15) is 0 Å². The van der Waals surface area contributed by atoms with Crippen molar-refractivity contribution in [2.24, 2.45) is 0 Å². The van der Waals surface area contributed by atoms with Gasteiger partial charge in [-0.1, -0.05) is 24.7 Å². The molecule has 3 nitrogen and oxygen atoms in total. The van der Waals surface area contributed by atoms with Crippen molar-refractivity contribution in [3.63, 3.8) is 0 Å². The molecule has 1 heterocycles. The summed E-state index contributed by atoms with van der Waals surface area (Å²) in [5.74, 6) is 0. The lowest BCUT2D eigenvalue weighted by molar-refractivity contribution is 0.765. The zero-order valence-corrected chi connectivity index (χ0v) is 8.77. The molecular weight excluding hydrogens is 182 g/mol. The van der Waals surface area contributed by atoms with Crippen LogP contribution in [-0.4, -0.2) is 18.6 Å². The minimum absolute atomic E-state index is 0.679. The number of nitriles is 1. The summed E-state index contributed by atoms with van der Waals surface area (Å²) >= 11 is 1.45. The van der Waals surface area contributed by atoms with E-state index in [1.807, 2.05) is 7.05 Å². The molecule has 0 unspecified atom stereocenters. The van der Waals surface area contributed by atoms with Crippen LogP contribution in [0.1, 0.15) is 24.6 Å². The summed E-state index contributed by atoms with van der Waals surface area (Å²) in [6.07, 6.45) is 3.97. The Balaban J connectivity index is 2.56. The maximum Gasteiger partial charge on any atom is 0.186 e. The monoisotopic (exact) mass is 195 g/mol. The Labute approximate surface area is 82.6 Å². The average molecular weight is 195 g/mol. The average Bonchev–Trinajstić information content (AvgIpc) is 2.62. The number of aromatic nitrogens is 1. The molecule has 1 aromatic rings. The molecule has 4 heteroatoms. The van der Waals surface area contributed by atoms with Crippen molar-refractivity contribution in [3.8, 4) is 6.07 Å². The predicted octanol–water partition coefficient (Wildman–Crippen LogP) is 2.25. The molecule has 0 atom stereocenters. The Morgan fingerprint density at radius 3 is 3.00 bits per heavy atom. The Morgan fingerprint density at radius 1 is 1.69 bits per heavy atom. The van der Waals surface area contributed by atoms with E-state index >= 15 is 0 Å². The molecule has 0 aliphatic carbocycles.